The molecule has 0 unspecified atom stereocenters. The van der Waals surface area contributed by atoms with Crippen molar-refractivity contribution in [3.05, 3.63) is 29.6 Å². The number of nitrogens with zero attached hydrogens (tertiary/aromatic N) is 2. The second kappa shape index (κ2) is 8.22. The zero-order valence-electron chi connectivity index (χ0n) is 12.1. The van der Waals surface area contributed by atoms with Crippen LogP contribution in [0.4, 0.5) is 0 Å². The maximum Gasteiger partial charge on any atom is 0.0594 e. The van der Waals surface area contributed by atoms with Crippen LogP contribution >= 0.6 is 0 Å². The molecule has 0 saturated carbocycles. The van der Waals surface area contributed by atoms with Gasteiger partial charge < -0.3 is 4.74 Å². The molecule has 2 heterocycles. The van der Waals surface area contributed by atoms with Crippen LogP contribution in [0, 0.1) is 0 Å². The molecule has 1 aromatic heterocycles. The van der Waals surface area contributed by atoms with E-state index in [1.165, 1.54) is 11.3 Å². The van der Waals surface area contributed by atoms with Crippen LogP contribution in [0.25, 0.3) is 0 Å². The summed E-state index contributed by atoms with van der Waals surface area (Å²) in [6.45, 7) is 13.1. The minimum absolute atomic E-state index is 0.512. The van der Waals surface area contributed by atoms with E-state index in [1.807, 2.05) is 20.0 Å². The van der Waals surface area contributed by atoms with Crippen molar-refractivity contribution < 1.29 is 4.74 Å². The number of rotatable bonds is 3. The average molecular weight is 250 g/mol. The maximum atomic E-state index is 5.33. The van der Waals surface area contributed by atoms with Gasteiger partial charge in [-0.25, -0.2) is 0 Å². The van der Waals surface area contributed by atoms with Crippen molar-refractivity contribution in [1.29, 1.82) is 0 Å². The molecular formula is C15H26N2O. The molecule has 1 aromatic rings. The molecule has 0 amide bonds. The van der Waals surface area contributed by atoms with Crippen LogP contribution in [0.15, 0.2) is 18.3 Å². The van der Waals surface area contributed by atoms with Crippen molar-refractivity contribution >= 4 is 0 Å². The summed E-state index contributed by atoms with van der Waals surface area (Å²) < 4.78 is 5.33. The fourth-order valence-electron chi connectivity index (χ4n) is 1.89. The second-order valence-corrected chi connectivity index (χ2v) is 4.63. The lowest BCUT2D eigenvalue weighted by molar-refractivity contribution is 0.0341. The van der Waals surface area contributed by atoms with E-state index in [1.54, 1.807) is 0 Å². The summed E-state index contributed by atoms with van der Waals surface area (Å²) in [5.41, 5.74) is 2.47. The lowest BCUT2D eigenvalue weighted by Gasteiger charge is -2.26. The van der Waals surface area contributed by atoms with Crippen molar-refractivity contribution in [2.45, 2.75) is 40.2 Å². The standard InChI is InChI=1S/C13H20N2O.C2H6/c1-11(2)13-4-3-12(9-14-13)10-15-5-7-16-8-6-15;1-2/h3-4,9,11H,5-8,10H2,1-2H3;1-2H3. The monoisotopic (exact) mass is 250 g/mol. The Morgan fingerprint density at radius 2 is 1.89 bits per heavy atom. The number of morpholine rings is 1. The van der Waals surface area contributed by atoms with Gasteiger partial charge in [0.25, 0.3) is 0 Å². The Labute approximate surface area is 111 Å². The number of pyridine rings is 1. The van der Waals surface area contributed by atoms with E-state index < -0.39 is 0 Å². The molecule has 1 saturated heterocycles. The fraction of sp³-hybridized carbons (Fsp3) is 0.667. The van der Waals surface area contributed by atoms with Crippen LogP contribution in [0.2, 0.25) is 0 Å². The van der Waals surface area contributed by atoms with Crippen molar-refractivity contribution in [3.8, 4) is 0 Å². The van der Waals surface area contributed by atoms with Gasteiger partial charge in [0.05, 0.1) is 13.2 Å². The van der Waals surface area contributed by atoms with E-state index in [9.17, 15) is 0 Å². The first-order valence-electron chi connectivity index (χ1n) is 7.00. The topological polar surface area (TPSA) is 25.4 Å². The first-order chi connectivity index (χ1) is 8.75. The molecule has 0 atom stereocenters. The highest BCUT2D eigenvalue weighted by Crippen LogP contribution is 2.12. The van der Waals surface area contributed by atoms with Crippen LogP contribution < -0.4 is 0 Å². The first kappa shape index (κ1) is 15.1. The van der Waals surface area contributed by atoms with Crippen LogP contribution in [-0.4, -0.2) is 36.2 Å². The molecular weight excluding hydrogens is 224 g/mol. The van der Waals surface area contributed by atoms with E-state index in [0.717, 1.165) is 32.8 Å². The molecule has 1 aliphatic rings. The Balaban J connectivity index is 0.000000771. The molecule has 0 aliphatic carbocycles. The molecule has 1 fully saturated rings. The van der Waals surface area contributed by atoms with Crippen molar-refractivity contribution in [2.24, 2.45) is 0 Å². The second-order valence-electron chi connectivity index (χ2n) is 4.63. The molecule has 18 heavy (non-hydrogen) atoms. The predicted molar refractivity (Wildman–Crippen MR) is 75.8 cm³/mol. The van der Waals surface area contributed by atoms with Gasteiger partial charge in [0.15, 0.2) is 0 Å². The maximum absolute atomic E-state index is 5.33. The third-order valence-corrected chi connectivity index (χ3v) is 2.95. The minimum atomic E-state index is 0.512. The van der Waals surface area contributed by atoms with Gasteiger partial charge in [-0.3, -0.25) is 9.88 Å². The molecule has 0 N–H and O–H groups in total. The Kier molecular flexibility index (Phi) is 6.91. The van der Waals surface area contributed by atoms with Crippen molar-refractivity contribution in [3.63, 3.8) is 0 Å². The molecule has 1 aliphatic heterocycles. The normalized spacial score (nSPS) is 16.3. The molecule has 3 nitrogen and oxygen atoms in total. The predicted octanol–water partition coefficient (Wildman–Crippen LogP) is 3.06. The minimum Gasteiger partial charge on any atom is -0.379 e. The van der Waals surface area contributed by atoms with Crippen molar-refractivity contribution in [1.82, 2.24) is 9.88 Å². The molecule has 3 heteroatoms. The SMILES string of the molecule is CC.CC(C)c1ccc(CN2CCOCC2)cn1. The molecule has 0 radical (unpaired) electrons. The third kappa shape index (κ3) is 4.75. The Morgan fingerprint density at radius 3 is 2.39 bits per heavy atom. The first-order valence-corrected chi connectivity index (χ1v) is 7.00. The summed E-state index contributed by atoms with van der Waals surface area (Å²) >= 11 is 0. The van der Waals surface area contributed by atoms with Gasteiger partial charge in [0.1, 0.15) is 0 Å². The van der Waals surface area contributed by atoms with Crippen molar-refractivity contribution in [2.75, 3.05) is 26.3 Å². The fourth-order valence-corrected chi connectivity index (χ4v) is 1.89. The molecule has 2 rings (SSSR count). The van der Waals surface area contributed by atoms with Gasteiger partial charge in [0.2, 0.25) is 0 Å². The van der Waals surface area contributed by atoms with E-state index in [0.29, 0.717) is 5.92 Å². The number of ether oxygens (including phenoxy) is 1. The van der Waals surface area contributed by atoms with Gasteiger partial charge in [-0.1, -0.05) is 33.8 Å². The summed E-state index contributed by atoms with van der Waals surface area (Å²) in [6.07, 6.45) is 2.00. The highest BCUT2D eigenvalue weighted by molar-refractivity contribution is 5.16. The highest BCUT2D eigenvalue weighted by Gasteiger charge is 2.10. The molecule has 102 valence electrons. The number of hydrogen-bond acceptors (Lipinski definition) is 3. The number of hydrogen-bond donors (Lipinski definition) is 0. The lowest BCUT2D eigenvalue weighted by Crippen LogP contribution is -2.35. The summed E-state index contributed by atoms with van der Waals surface area (Å²) in [7, 11) is 0. The van der Waals surface area contributed by atoms with Gasteiger partial charge >= 0.3 is 0 Å². The molecule has 0 bridgehead atoms. The largest absolute Gasteiger partial charge is 0.379 e. The van der Waals surface area contributed by atoms with Gasteiger partial charge in [-0.2, -0.15) is 0 Å². The van der Waals surface area contributed by atoms with Crippen LogP contribution in [0.1, 0.15) is 44.9 Å². The van der Waals surface area contributed by atoms with Gasteiger partial charge in [-0.15, -0.1) is 0 Å². The van der Waals surface area contributed by atoms with Gasteiger partial charge in [-0.05, 0) is 17.5 Å². The average Bonchev–Trinajstić information content (AvgIpc) is 2.43. The van der Waals surface area contributed by atoms with Crippen LogP contribution in [0.5, 0.6) is 0 Å². The van der Waals surface area contributed by atoms with Crippen LogP contribution in [-0.2, 0) is 11.3 Å². The summed E-state index contributed by atoms with van der Waals surface area (Å²) in [5, 5.41) is 0. The summed E-state index contributed by atoms with van der Waals surface area (Å²) in [6, 6.07) is 4.33. The van der Waals surface area contributed by atoms with E-state index in [-0.39, 0.29) is 0 Å². The Morgan fingerprint density at radius 1 is 1.22 bits per heavy atom. The highest BCUT2D eigenvalue weighted by atomic mass is 16.5. The summed E-state index contributed by atoms with van der Waals surface area (Å²) in [5.74, 6) is 0.512. The van der Waals surface area contributed by atoms with E-state index in [4.69, 9.17) is 4.74 Å². The van der Waals surface area contributed by atoms with E-state index >= 15 is 0 Å². The smallest absolute Gasteiger partial charge is 0.0594 e. The molecule has 0 aromatic carbocycles. The zero-order chi connectivity index (χ0) is 13.4. The quantitative estimate of drug-likeness (QED) is 0.824. The zero-order valence-corrected chi connectivity index (χ0v) is 12.1. The third-order valence-electron chi connectivity index (χ3n) is 2.95. The van der Waals surface area contributed by atoms with Gasteiger partial charge in [0, 0.05) is 31.5 Å². The number of aromatic nitrogens is 1. The lowest BCUT2D eigenvalue weighted by atomic mass is 10.1. The Bertz CT molecular complexity index is 316. The Hall–Kier alpha value is -0.930. The van der Waals surface area contributed by atoms with Crippen LogP contribution in [0.3, 0.4) is 0 Å². The van der Waals surface area contributed by atoms with E-state index in [2.05, 4.69) is 35.9 Å². The molecule has 0 spiro atoms. The summed E-state index contributed by atoms with van der Waals surface area (Å²) in [4.78, 5) is 6.90.